The molecule has 0 aromatic carbocycles. The van der Waals surface area contributed by atoms with Crippen LogP contribution < -0.4 is 5.32 Å². The van der Waals surface area contributed by atoms with Gasteiger partial charge in [-0.15, -0.1) is 11.3 Å². The van der Waals surface area contributed by atoms with E-state index in [4.69, 9.17) is 4.74 Å². The Hall–Kier alpha value is -0.980. The molecule has 0 spiro atoms. The molecule has 0 saturated carbocycles. The molecule has 2 heterocycles. The molecule has 100 valence electrons. The molecule has 1 aliphatic rings. The van der Waals surface area contributed by atoms with Crippen LogP contribution in [0.15, 0.2) is 0 Å². The van der Waals surface area contributed by atoms with Crippen molar-refractivity contribution in [2.75, 3.05) is 32.8 Å². The number of rotatable bonds is 4. The van der Waals surface area contributed by atoms with Crippen molar-refractivity contribution in [3.05, 3.63) is 15.6 Å². The maximum Gasteiger partial charge on any atom is 0.236 e. The minimum atomic E-state index is 0.150. The lowest BCUT2D eigenvalue weighted by molar-refractivity contribution is -0.134. The van der Waals surface area contributed by atoms with Gasteiger partial charge in [-0.3, -0.25) is 4.79 Å². The van der Waals surface area contributed by atoms with Crippen LogP contribution in [0, 0.1) is 13.8 Å². The van der Waals surface area contributed by atoms with E-state index in [1.54, 1.807) is 11.3 Å². The Kier molecular flexibility index (Phi) is 4.68. The molecule has 0 radical (unpaired) electrons. The van der Waals surface area contributed by atoms with Gasteiger partial charge in [-0.2, -0.15) is 0 Å². The number of ether oxygens (including phenoxy) is 1. The molecule has 5 nitrogen and oxygen atoms in total. The molecule has 0 unspecified atom stereocenters. The van der Waals surface area contributed by atoms with Crippen LogP contribution >= 0.6 is 11.3 Å². The van der Waals surface area contributed by atoms with Crippen LogP contribution in [-0.4, -0.2) is 48.6 Å². The predicted octanol–water partition coefficient (Wildman–Crippen LogP) is 0.708. The summed E-state index contributed by atoms with van der Waals surface area (Å²) in [4.78, 5) is 19.3. The second kappa shape index (κ2) is 6.26. The molecule has 1 amide bonds. The maximum atomic E-state index is 11.9. The third-order valence-electron chi connectivity index (χ3n) is 2.93. The summed E-state index contributed by atoms with van der Waals surface area (Å²) < 4.78 is 5.22. The van der Waals surface area contributed by atoms with Gasteiger partial charge in [-0.05, 0) is 13.8 Å². The van der Waals surface area contributed by atoms with Crippen molar-refractivity contribution in [3.8, 4) is 0 Å². The number of amides is 1. The molecule has 1 aliphatic heterocycles. The van der Waals surface area contributed by atoms with E-state index in [-0.39, 0.29) is 5.91 Å². The van der Waals surface area contributed by atoms with Gasteiger partial charge in [0.1, 0.15) is 0 Å². The first kappa shape index (κ1) is 13.5. The summed E-state index contributed by atoms with van der Waals surface area (Å²) in [6.45, 7) is 7.82. The highest BCUT2D eigenvalue weighted by atomic mass is 32.1. The first-order valence-corrected chi connectivity index (χ1v) is 6.97. The zero-order valence-corrected chi connectivity index (χ0v) is 11.7. The van der Waals surface area contributed by atoms with Crippen LogP contribution in [0.5, 0.6) is 0 Å². The Morgan fingerprint density at radius 3 is 2.78 bits per heavy atom. The van der Waals surface area contributed by atoms with E-state index in [1.165, 1.54) is 4.88 Å². The van der Waals surface area contributed by atoms with Crippen molar-refractivity contribution in [2.24, 2.45) is 0 Å². The minimum absolute atomic E-state index is 0.150. The second-order valence-electron chi connectivity index (χ2n) is 4.34. The van der Waals surface area contributed by atoms with Gasteiger partial charge in [0.2, 0.25) is 5.91 Å². The topological polar surface area (TPSA) is 54.5 Å². The average molecular weight is 269 g/mol. The Balaban J connectivity index is 1.74. The summed E-state index contributed by atoms with van der Waals surface area (Å²) in [5, 5.41) is 4.26. The first-order chi connectivity index (χ1) is 8.66. The average Bonchev–Trinajstić information content (AvgIpc) is 2.69. The van der Waals surface area contributed by atoms with E-state index in [0.29, 0.717) is 39.4 Å². The standard InChI is InChI=1S/C12H19N3O2S/c1-9-11(18-10(2)14-9)7-13-8-12(16)15-3-5-17-6-4-15/h13H,3-8H2,1-2H3. The molecule has 1 aromatic heterocycles. The predicted molar refractivity (Wildman–Crippen MR) is 70.7 cm³/mol. The van der Waals surface area contributed by atoms with Gasteiger partial charge < -0.3 is 15.0 Å². The molecular formula is C12H19N3O2S. The molecule has 1 fully saturated rings. The lowest BCUT2D eigenvalue weighted by Gasteiger charge is -2.26. The molecular weight excluding hydrogens is 250 g/mol. The third-order valence-corrected chi connectivity index (χ3v) is 4.00. The van der Waals surface area contributed by atoms with Crippen molar-refractivity contribution in [3.63, 3.8) is 0 Å². The number of hydrogen-bond acceptors (Lipinski definition) is 5. The SMILES string of the molecule is Cc1nc(C)c(CNCC(=O)N2CCOCC2)s1. The quantitative estimate of drug-likeness (QED) is 0.874. The molecule has 0 bridgehead atoms. The number of nitrogens with one attached hydrogen (secondary N) is 1. The molecule has 0 atom stereocenters. The Labute approximate surface area is 111 Å². The molecule has 1 N–H and O–H groups in total. The zero-order valence-electron chi connectivity index (χ0n) is 10.9. The highest BCUT2D eigenvalue weighted by molar-refractivity contribution is 7.11. The van der Waals surface area contributed by atoms with Crippen molar-refractivity contribution < 1.29 is 9.53 Å². The van der Waals surface area contributed by atoms with E-state index >= 15 is 0 Å². The summed E-state index contributed by atoms with van der Waals surface area (Å²) in [6.07, 6.45) is 0. The number of morpholine rings is 1. The van der Waals surface area contributed by atoms with Crippen LogP contribution in [0.2, 0.25) is 0 Å². The van der Waals surface area contributed by atoms with Crippen LogP contribution in [-0.2, 0) is 16.1 Å². The van der Waals surface area contributed by atoms with E-state index in [1.807, 2.05) is 18.7 Å². The van der Waals surface area contributed by atoms with Crippen LogP contribution in [0.4, 0.5) is 0 Å². The van der Waals surface area contributed by atoms with Gasteiger partial charge in [-0.25, -0.2) is 4.98 Å². The number of hydrogen-bond donors (Lipinski definition) is 1. The fourth-order valence-electron chi connectivity index (χ4n) is 1.95. The molecule has 2 rings (SSSR count). The van der Waals surface area contributed by atoms with E-state index in [0.717, 1.165) is 10.7 Å². The monoisotopic (exact) mass is 269 g/mol. The zero-order chi connectivity index (χ0) is 13.0. The highest BCUT2D eigenvalue weighted by Crippen LogP contribution is 2.16. The summed E-state index contributed by atoms with van der Waals surface area (Å²) >= 11 is 1.68. The van der Waals surface area contributed by atoms with E-state index in [2.05, 4.69) is 10.3 Å². The maximum absolute atomic E-state index is 11.9. The molecule has 6 heteroatoms. The van der Waals surface area contributed by atoms with E-state index < -0.39 is 0 Å². The van der Waals surface area contributed by atoms with Gasteiger partial charge in [0.15, 0.2) is 0 Å². The van der Waals surface area contributed by atoms with Crippen molar-refractivity contribution >= 4 is 17.2 Å². The summed E-state index contributed by atoms with van der Waals surface area (Å²) in [7, 11) is 0. The molecule has 1 aromatic rings. The van der Waals surface area contributed by atoms with Crippen molar-refractivity contribution in [1.29, 1.82) is 0 Å². The number of carbonyl (C=O) groups excluding carboxylic acids is 1. The minimum Gasteiger partial charge on any atom is -0.378 e. The number of nitrogens with zero attached hydrogens (tertiary/aromatic N) is 2. The second-order valence-corrected chi connectivity index (χ2v) is 5.63. The third kappa shape index (κ3) is 3.51. The number of carbonyl (C=O) groups is 1. The van der Waals surface area contributed by atoms with Gasteiger partial charge in [-0.1, -0.05) is 0 Å². The van der Waals surface area contributed by atoms with Crippen LogP contribution in [0.1, 0.15) is 15.6 Å². The van der Waals surface area contributed by atoms with Crippen LogP contribution in [0.25, 0.3) is 0 Å². The molecule has 0 aliphatic carbocycles. The van der Waals surface area contributed by atoms with Gasteiger partial charge >= 0.3 is 0 Å². The van der Waals surface area contributed by atoms with Crippen LogP contribution in [0.3, 0.4) is 0 Å². The van der Waals surface area contributed by atoms with Crippen molar-refractivity contribution in [2.45, 2.75) is 20.4 Å². The summed E-state index contributed by atoms with van der Waals surface area (Å²) in [6, 6.07) is 0. The van der Waals surface area contributed by atoms with Gasteiger partial charge in [0, 0.05) is 24.5 Å². The molecule has 18 heavy (non-hydrogen) atoms. The molecule has 1 saturated heterocycles. The number of thiazole rings is 1. The lowest BCUT2D eigenvalue weighted by atomic mass is 10.3. The highest BCUT2D eigenvalue weighted by Gasteiger charge is 2.16. The summed E-state index contributed by atoms with van der Waals surface area (Å²) in [5.74, 6) is 0.150. The largest absolute Gasteiger partial charge is 0.378 e. The normalized spacial score (nSPS) is 16.0. The fraction of sp³-hybridized carbons (Fsp3) is 0.667. The van der Waals surface area contributed by atoms with Gasteiger partial charge in [0.05, 0.1) is 30.5 Å². The smallest absolute Gasteiger partial charge is 0.236 e. The number of aryl methyl sites for hydroxylation is 2. The van der Waals surface area contributed by atoms with Crippen molar-refractivity contribution in [1.82, 2.24) is 15.2 Å². The fourth-order valence-corrected chi connectivity index (χ4v) is 2.85. The summed E-state index contributed by atoms with van der Waals surface area (Å²) in [5.41, 5.74) is 1.06. The Morgan fingerprint density at radius 2 is 2.17 bits per heavy atom. The number of aromatic nitrogens is 1. The Morgan fingerprint density at radius 1 is 1.44 bits per heavy atom. The van der Waals surface area contributed by atoms with E-state index in [9.17, 15) is 4.79 Å². The lowest BCUT2D eigenvalue weighted by Crippen LogP contribution is -2.44. The Bertz CT molecular complexity index is 413. The van der Waals surface area contributed by atoms with Gasteiger partial charge in [0.25, 0.3) is 0 Å². The first-order valence-electron chi connectivity index (χ1n) is 6.16.